The second-order valence-corrected chi connectivity index (χ2v) is 5.73. The molecule has 1 amide bonds. The Morgan fingerprint density at radius 1 is 1.28 bits per heavy atom. The topological polar surface area (TPSA) is 41.1 Å². The lowest BCUT2D eigenvalue weighted by Crippen LogP contribution is -2.37. The molecule has 1 aliphatic heterocycles. The summed E-state index contributed by atoms with van der Waals surface area (Å²) in [7, 11) is 0. The third kappa shape index (κ3) is 4.77. The monoisotopic (exact) mass is 274 g/mol. The fraction of sp³-hybridized carbons (Fsp3) is 0.929. The standard InChI is InChI=1S/C14H26N2O.ClH/c1-11(12-5-2-3-6-12)16-14(17)9-8-13-7-4-10-15-13;/h11-13,15H,2-10H2,1H3,(H,16,17);1H. The third-order valence-corrected chi connectivity index (χ3v) is 4.38. The molecule has 0 radical (unpaired) electrons. The molecule has 2 fully saturated rings. The minimum Gasteiger partial charge on any atom is -0.353 e. The summed E-state index contributed by atoms with van der Waals surface area (Å²) in [6.45, 7) is 3.30. The Labute approximate surface area is 117 Å². The first kappa shape index (κ1) is 15.8. The first-order chi connectivity index (χ1) is 8.25. The van der Waals surface area contributed by atoms with E-state index < -0.39 is 0 Å². The molecule has 2 aliphatic rings. The molecule has 0 spiro atoms. The van der Waals surface area contributed by atoms with Crippen molar-refractivity contribution in [1.29, 1.82) is 0 Å². The van der Waals surface area contributed by atoms with Gasteiger partial charge in [0.1, 0.15) is 0 Å². The summed E-state index contributed by atoms with van der Waals surface area (Å²) in [6, 6.07) is 0.962. The summed E-state index contributed by atoms with van der Waals surface area (Å²) >= 11 is 0. The highest BCUT2D eigenvalue weighted by Gasteiger charge is 2.23. The normalized spacial score (nSPS) is 25.7. The molecule has 18 heavy (non-hydrogen) atoms. The molecule has 0 aromatic heterocycles. The van der Waals surface area contributed by atoms with E-state index in [4.69, 9.17) is 0 Å². The van der Waals surface area contributed by atoms with Gasteiger partial charge in [0.15, 0.2) is 0 Å². The highest BCUT2D eigenvalue weighted by Crippen LogP contribution is 2.27. The Bertz CT molecular complexity index is 248. The van der Waals surface area contributed by atoms with Crippen LogP contribution in [0.3, 0.4) is 0 Å². The number of carbonyl (C=O) groups excluding carboxylic acids is 1. The van der Waals surface area contributed by atoms with Crippen molar-refractivity contribution in [2.45, 2.75) is 70.4 Å². The first-order valence-electron chi connectivity index (χ1n) is 7.28. The van der Waals surface area contributed by atoms with Crippen molar-refractivity contribution in [3.63, 3.8) is 0 Å². The van der Waals surface area contributed by atoms with E-state index in [1.165, 1.54) is 38.5 Å². The van der Waals surface area contributed by atoms with Gasteiger partial charge in [0.25, 0.3) is 0 Å². The van der Waals surface area contributed by atoms with Gasteiger partial charge in [-0.15, -0.1) is 12.4 Å². The summed E-state index contributed by atoms with van der Waals surface area (Å²) in [5.74, 6) is 0.974. The minimum absolute atomic E-state index is 0. The molecule has 106 valence electrons. The Morgan fingerprint density at radius 3 is 2.61 bits per heavy atom. The Hall–Kier alpha value is -0.280. The molecule has 2 rings (SSSR count). The van der Waals surface area contributed by atoms with Crippen molar-refractivity contribution in [3.8, 4) is 0 Å². The second-order valence-electron chi connectivity index (χ2n) is 5.73. The quantitative estimate of drug-likeness (QED) is 0.809. The number of hydrogen-bond acceptors (Lipinski definition) is 2. The molecule has 1 saturated carbocycles. The maximum Gasteiger partial charge on any atom is 0.220 e. The largest absolute Gasteiger partial charge is 0.353 e. The molecule has 2 atom stereocenters. The van der Waals surface area contributed by atoms with E-state index in [0.717, 1.165) is 18.9 Å². The Balaban J connectivity index is 0.00000162. The molecule has 0 bridgehead atoms. The zero-order valence-electron chi connectivity index (χ0n) is 11.4. The zero-order valence-corrected chi connectivity index (χ0v) is 12.2. The van der Waals surface area contributed by atoms with Gasteiger partial charge in [0, 0.05) is 18.5 Å². The van der Waals surface area contributed by atoms with Gasteiger partial charge in [0.05, 0.1) is 0 Å². The van der Waals surface area contributed by atoms with E-state index in [1.807, 2.05) is 0 Å². The van der Waals surface area contributed by atoms with Crippen LogP contribution >= 0.6 is 12.4 Å². The molecule has 0 aromatic carbocycles. The molecule has 1 heterocycles. The predicted octanol–water partition coefficient (Wildman–Crippen LogP) is 2.64. The van der Waals surface area contributed by atoms with E-state index in [9.17, 15) is 4.79 Å². The van der Waals surface area contributed by atoms with Gasteiger partial charge in [-0.25, -0.2) is 0 Å². The number of nitrogens with one attached hydrogen (secondary N) is 2. The SMILES string of the molecule is CC(NC(=O)CCC1CCCN1)C1CCCC1.Cl. The summed E-state index contributed by atoms with van der Waals surface area (Å²) in [4.78, 5) is 11.8. The van der Waals surface area contributed by atoms with Crippen LogP contribution in [0.2, 0.25) is 0 Å². The van der Waals surface area contributed by atoms with Crippen LogP contribution < -0.4 is 10.6 Å². The lowest BCUT2D eigenvalue weighted by Gasteiger charge is -2.20. The van der Waals surface area contributed by atoms with Gasteiger partial charge in [-0.3, -0.25) is 4.79 Å². The van der Waals surface area contributed by atoms with E-state index in [1.54, 1.807) is 0 Å². The Kier molecular flexibility index (Phi) is 7.02. The maximum absolute atomic E-state index is 11.8. The van der Waals surface area contributed by atoms with Crippen LogP contribution in [0.5, 0.6) is 0 Å². The third-order valence-electron chi connectivity index (χ3n) is 4.38. The van der Waals surface area contributed by atoms with Crippen LogP contribution in [0, 0.1) is 5.92 Å². The zero-order chi connectivity index (χ0) is 12.1. The number of rotatable bonds is 5. The molecular formula is C14H27ClN2O. The maximum atomic E-state index is 11.8. The highest BCUT2D eigenvalue weighted by atomic mass is 35.5. The lowest BCUT2D eigenvalue weighted by molar-refractivity contribution is -0.122. The lowest BCUT2D eigenvalue weighted by atomic mass is 9.99. The molecule has 3 nitrogen and oxygen atoms in total. The van der Waals surface area contributed by atoms with Crippen LogP contribution in [0.25, 0.3) is 0 Å². The molecule has 0 aromatic rings. The predicted molar refractivity (Wildman–Crippen MR) is 77.1 cm³/mol. The summed E-state index contributed by atoms with van der Waals surface area (Å²) in [6.07, 6.45) is 9.49. The number of carbonyl (C=O) groups is 1. The number of hydrogen-bond donors (Lipinski definition) is 2. The van der Waals surface area contributed by atoms with Gasteiger partial charge in [-0.1, -0.05) is 12.8 Å². The fourth-order valence-corrected chi connectivity index (χ4v) is 3.21. The van der Waals surface area contributed by atoms with E-state index in [0.29, 0.717) is 18.5 Å². The van der Waals surface area contributed by atoms with Crippen LogP contribution in [-0.2, 0) is 4.79 Å². The van der Waals surface area contributed by atoms with Crippen molar-refractivity contribution in [3.05, 3.63) is 0 Å². The van der Waals surface area contributed by atoms with Crippen LogP contribution in [0.1, 0.15) is 58.3 Å². The fourth-order valence-electron chi connectivity index (χ4n) is 3.21. The molecule has 1 aliphatic carbocycles. The van der Waals surface area contributed by atoms with Gasteiger partial charge >= 0.3 is 0 Å². The van der Waals surface area contributed by atoms with Crippen LogP contribution in [0.15, 0.2) is 0 Å². The van der Waals surface area contributed by atoms with Crippen LogP contribution in [0.4, 0.5) is 0 Å². The first-order valence-corrected chi connectivity index (χ1v) is 7.28. The van der Waals surface area contributed by atoms with Crippen molar-refractivity contribution < 1.29 is 4.79 Å². The molecule has 2 unspecified atom stereocenters. The van der Waals surface area contributed by atoms with E-state index in [-0.39, 0.29) is 18.3 Å². The molecule has 1 saturated heterocycles. The molecule has 4 heteroatoms. The van der Waals surface area contributed by atoms with Crippen molar-refractivity contribution in [2.75, 3.05) is 6.54 Å². The van der Waals surface area contributed by atoms with Crippen molar-refractivity contribution >= 4 is 18.3 Å². The summed E-state index contributed by atoms with van der Waals surface area (Å²) in [5.41, 5.74) is 0. The van der Waals surface area contributed by atoms with Crippen molar-refractivity contribution in [2.24, 2.45) is 5.92 Å². The van der Waals surface area contributed by atoms with E-state index in [2.05, 4.69) is 17.6 Å². The van der Waals surface area contributed by atoms with Crippen LogP contribution in [-0.4, -0.2) is 24.5 Å². The second kappa shape index (κ2) is 8.00. The highest BCUT2D eigenvalue weighted by molar-refractivity contribution is 5.85. The van der Waals surface area contributed by atoms with Gasteiger partial charge in [-0.2, -0.15) is 0 Å². The van der Waals surface area contributed by atoms with E-state index >= 15 is 0 Å². The Morgan fingerprint density at radius 2 is 2.00 bits per heavy atom. The average molecular weight is 275 g/mol. The van der Waals surface area contributed by atoms with Gasteiger partial charge < -0.3 is 10.6 Å². The molecular weight excluding hydrogens is 248 g/mol. The smallest absolute Gasteiger partial charge is 0.220 e. The van der Waals surface area contributed by atoms with Gasteiger partial charge in [-0.05, 0) is 51.5 Å². The summed E-state index contributed by atoms with van der Waals surface area (Å²) < 4.78 is 0. The van der Waals surface area contributed by atoms with Gasteiger partial charge in [0.2, 0.25) is 5.91 Å². The van der Waals surface area contributed by atoms with Crippen molar-refractivity contribution in [1.82, 2.24) is 10.6 Å². The summed E-state index contributed by atoms with van der Waals surface area (Å²) in [5, 5.41) is 6.62. The number of amides is 1. The average Bonchev–Trinajstić information content (AvgIpc) is 2.99. The molecule has 2 N–H and O–H groups in total. The number of halogens is 1. The minimum atomic E-state index is 0.